The normalized spacial score (nSPS) is 10.2. The van der Waals surface area contributed by atoms with Crippen molar-refractivity contribution in [2.24, 2.45) is 5.92 Å². The molecular formula is C14H17NO2. The van der Waals surface area contributed by atoms with Crippen LogP contribution < -0.4 is 0 Å². The van der Waals surface area contributed by atoms with E-state index in [-0.39, 0.29) is 12.4 Å². The van der Waals surface area contributed by atoms with Crippen LogP contribution in [0.5, 0.6) is 0 Å². The van der Waals surface area contributed by atoms with Crippen molar-refractivity contribution in [2.75, 3.05) is 13.2 Å². The largest absolute Gasteiger partial charge is 0.373 e. The molecule has 0 amide bonds. The maximum Gasteiger partial charge on any atom is 0.188 e. The molecule has 0 aliphatic rings. The molecule has 0 aromatic heterocycles. The highest BCUT2D eigenvalue weighted by Gasteiger charge is 2.05. The molecule has 3 nitrogen and oxygen atoms in total. The first-order chi connectivity index (χ1) is 8.13. The van der Waals surface area contributed by atoms with Gasteiger partial charge >= 0.3 is 0 Å². The molecule has 1 rings (SSSR count). The summed E-state index contributed by atoms with van der Waals surface area (Å²) < 4.78 is 5.30. The fourth-order valence-corrected chi connectivity index (χ4v) is 1.30. The summed E-state index contributed by atoms with van der Waals surface area (Å²) in [6.45, 7) is 4.95. The van der Waals surface area contributed by atoms with Gasteiger partial charge < -0.3 is 4.74 Å². The van der Waals surface area contributed by atoms with E-state index in [2.05, 4.69) is 13.8 Å². The molecule has 3 heteroatoms. The number of benzene rings is 1. The van der Waals surface area contributed by atoms with Gasteiger partial charge in [0.15, 0.2) is 5.78 Å². The topological polar surface area (TPSA) is 50.1 Å². The molecule has 0 N–H and O–H groups in total. The summed E-state index contributed by atoms with van der Waals surface area (Å²) in [5.74, 6) is 0.540. The number of carbonyl (C=O) groups excluding carboxylic acids is 1. The minimum atomic E-state index is -0.0433. The highest BCUT2D eigenvalue weighted by Crippen LogP contribution is 2.05. The van der Waals surface area contributed by atoms with E-state index in [1.807, 2.05) is 6.07 Å². The Kier molecular flexibility index (Phi) is 5.38. The lowest BCUT2D eigenvalue weighted by molar-refractivity contribution is 0.0739. The van der Waals surface area contributed by atoms with Crippen LogP contribution in [0.2, 0.25) is 0 Å². The van der Waals surface area contributed by atoms with Crippen molar-refractivity contribution in [2.45, 2.75) is 20.3 Å². The standard InChI is InChI=1S/C14H17NO2/c1-11(2)7-8-17-10-14(16)13-5-3-12(9-15)4-6-13/h3-6,11H,7-8,10H2,1-2H3. The molecule has 0 atom stereocenters. The van der Waals surface area contributed by atoms with Gasteiger partial charge in [0.2, 0.25) is 0 Å². The summed E-state index contributed by atoms with van der Waals surface area (Å²) in [5, 5.41) is 8.63. The van der Waals surface area contributed by atoms with Gasteiger partial charge in [0.1, 0.15) is 6.61 Å². The quantitative estimate of drug-likeness (QED) is 0.558. The third-order valence-electron chi connectivity index (χ3n) is 2.41. The molecule has 0 spiro atoms. The van der Waals surface area contributed by atoms with Gasteiger partial charge in [-0.25, -0.2) is 0 Å². The number of hydrogen-bond donors (Lipinski definition) is 0. The highest BCUT2D eigenvalue weighted by atomic mass is 16.5. The minimum Gasteiger partial charge on any atom is -0.373 e. The molecular weight excluding hydrogens is 214 g/mol. The lowest BCUT2D eigenvalue weighted by atomic mass is 10.1. The van der Waals surface area contributed by atoms with E-state index in [9.17, 15) is 4.79 Å². The zero-order chi connectivity index (χ0) is 12.7. The van der Waals surface area contributed by atoms with Crippen molar-refractivity contribution in [1.29, 1.82) is 5.26 Å². The van der Waals surface area contributed by atoms with E-state index < -0.39 is 0 Å². The van der Waals surface area contributed by atoms with Gasteiger partial charge in [-0.1, -0.05) is 26.0 Å². The van der Waals surface area contributed by atoms with Crippen molar-refractivity contribution in [3.05, 3.63) is 35.4 Å². The minimum absolute atomic E-state index is 0.0433. The Bertz CT molecular complexity index is 401. The van der Waals surface area contributed by atoms with E-state index in [0.29, 0.717) is 23.7 Å². The summed E-state index contributed by atoms with van der Waals surface area (Å²) in [6.07, 6.45) is 0.959. The number of nitriles is 1. The molecule has 0 fully saturated rings. The fraction of sp³-hybridized carbons (Fsp3) is 0.429. The monoisotopic (exact) mass is 231 g/mol. The molecule has 0 unspecified atom stereocenters. The van der Waals surface area contributed by atoms with Crippen LogP contribution in [-0.4, -0.2) is 19.0 Å². The number of ether oxygens (including phenoxy) is 1. The Balaban J connectivity index is 2.39. The van der Waals surface area contributed by atoms with Crippen LogP contribution in [-0.2, 0) is 4.74 Å². The van der Waals surface area contributed by atoms with Crippen molar-refractivity contribution in [3.63, 3.8) is 0 Å². The van der Waals surface area contributed by atoms with E-state index in [1.54, 1.807) is 24.3 Å². The summed E-state index contributed by atoms with van der Waals surface area (Å²) in [7, 11) is 0. The molecule has 17 heavy (non-hydrogen) atoms. The molecule has 0 saturated heterocycles. The van der Waals surface area contributed by atoms with Crippen LogP contribution in [0.3, 0.4) is 0 Å². The second-order valence-corrected chi connectivity index (χ2v) is 4.35. The first-order valence-electron chi connectivity index (χ1n) is 5.74. The summed E-state index contributed by atoms with van der Waals surface area (Å²) in [4.78, 5) is 11.7. The number of carbonyl (C=O) groups is 1. The lowest BCUT2D eigenvalue weighted by Gasteiger charge is -2.05. The zero-order valence-corrected chi connectivity index (χ0v) is 10.3. The Morgan fingerprint density at radius 1 is 1.35 bits per heavy atom. The Morgan fingerprint density at radius 3 is 2.53 bits per heavy atom. The Hall–Kier alpha value is -1.66. The smallest absolute Gasteiger partial charge is 0.188 e. The highest BCUT2D eigenvalue weighted by molar-refractivity contribution is 5.97. The van der Waals surface area contributed by atoms with Gasteiger partial charge in [-0.05, 0) is 24.5 Å². The van der Waals surface area contributed by atoms with Crippen LogP contribution in [0.4, 0.5) is 0 Å². The van der Waals surface area contributed by atoms with E-state index in [4.69, 9.17) is 10.00 Å². The van der Waals surface area contributed by atoms with Crippen LogP contribution >= 0.6 is 0 Å². The number of rotatable bonds is 6. The SMILES string of the molecule is CC(C)CCOCC(=O)c1ccc(C#N)cc1. The van der Waals surface area contributed by atoms with E-state index in [0.717, 1.165) is 6.42 Å². The number of nitrogens with zero attached hydrogens (tertiary/aromatic N) is 1. The van der Waals surface area contributed by atoms with Crippen LogP contribution in [0.1, 0.15) is 36.2 Å². The third kappa shape index (κ3) is 4.80. The zero-order valence-electron chi connectivity index (χ0n) is 10.3. The average Bonchev–Trinajstić information content (AvgIpc) is 2.34. The van der Waals surface area contributed by atoms with Gasteiger partial charge in [0, 0.05) is 12.2 Å². The third-order valence-corrected chi connectivity index (χ3v) is 2.41. The molecule has 1 aromatic carbocycles. The Labute approximate surface area is 102 Å². The molecule has 0 aliphatic heterocycles. The van der Waals surface area contributed by atoms with E-state index >= 15 is 0 Å². The van der Waals surface area contributed by atoms with Crippen molar-refractivity contribution >= 4 is 5.78 Å². The van der Waals surface area contributed by atoms with Crippen molar-refractivity contribution < 1.29 is 9.53 Å². The molecule has 0 aliphatic carbocycles. The van der Waals surface area contributed by atoms with Crippen molar-refractivity contribution in [1.82, 2.24) is 0 Å². The van der Waals surface area contributed by atoms with Crippen molar-refractivity contribution in [3.8, 4) is 6.07 Å². The second kappa shape index (κ2) is 6.82. The van der Waals surface area contributed by atoms with Crippen LogP contribution in [0, 0.1) is 17.2 Å². The van der Waals surface area contributed by atoms with Crippen LogP contribution in [0.25, 0.3) is 0 Å². The maximum absolute atomic E-state index is 11.7. The predicted octanol–water partition coefficient (Wildman–Crippen LogP) is 2.80. The first-order valence-corrected chi connectivity index (χ1v) is 5.74. The van der Waals surface area contributed by atoms with Gasteiger partial charge in [-0.15, -0.1) is 0 Å². The summed E-state index contributed by atoms with van der Waals surface area (Å²) >= 11 is 0. The average molecular weight is 231 g/mol. The molecule has 0 bridgehead atoms. The molecule has 90 valence electrons. The number of ketones is 1. The lowest BCUT2D eigenvalue weighted by Crippen LogP contribution is -2.10. The van der Waals surface area contributed by atoms with Gasteiger partial charge in [0.05, 0.1) is 11.6 Å². The molecule has 1 aromatic rings. The Morgan fingerprint density at radius 2 is 2.00 bits per heavy atom. The maximum atomic E-state index is 11.7. The van der Waals surface area contributed by atoms with Crippen LogP contribution in [0.15, 0.2) is 24.3 Å². The summed E-state index contributed by atoms with van der Waals surface area (Å²) in [6, 6.07) is 8.61. The number of Topliss-reactive ketones (excluding diaryl/α,β-unsaturated/α-hetero) is 1. The molecule has 0 radical (unpaired) electrons. The molecule has 0 saturated carbocycles. The summed E-state index contributed by atoms with van der Waals surface area (Å²) in [5.41, 5.74) is 1.15. The molecule has 0 heterocycles. The van der Waals surface area contributed by atoms with E-state index in [1.165, 1.54) is 0 Å². The second-order valence-electron chi connectivity index (χ2n) is 4.35. The fourth-order valence-electron chi connectivity index (χ4n) is 1.30. The first kappa shape index (κ1) is 13.4. The van der Waals surface area contributed by atoms with Gasteiger partial charge in [-0.3, -0.25) is 4.79 Å². The van der Waals surface area contributed by atoms with Gasteiger partial charge in [-0.2, -0.15) is 5.26 Å². The predicted molar refractivity (Wildman–Crippen MR) is 65.8 cm³/mol. The number of hydrogen-bond acceptors (Lipinski definition) is 3. The van der Waals surface area contributed by atoms with Gasteiger partial charge in [0.25, 0.3) is 0 Å².